The zero-order chi connectivity index (χ0) is 16.8. The first-order valence-electron chi connectivity index (χ1n) is 7.69. The van der Waals surface area contributed by atoms with E-state index in [-0.39, 0.29) is 11.7 Å². The standard InChI is InChI=1S/C19H18N4O/c20-19(24)17-12-21-13-18(23-17)22-16(15-9-5-2-6-10-15)11-14-7-3-1-4-8-14/h1-10,12-13,16H,11H2,(H2,20,24)(H,22,23). The van der Waals surface area contributed by atoms with Gasteiger partial charge in [0, 0.05) is 0 Å². The molecule has 0 saturated carbocycles. The summed E-state index contributed by atoms with van der Waals surface area (Å²) in [7, 11) is 0. The van der Waals surface area contributed by atoms with Crippen LogP contribution in [0.15, 0.2) is 73.1 Å². The van der Waals surface area contributed by atoms with Gasteiger partial charge in [-0.15, -0.1) is 0 Å². The lowest BCUT2D eigenvalue weighted by Gasteiger charge is -2.20. The molecule has 24 heavy (non-hydrogen) atoms. The lowest BCUT2D eigenvalue weighted by molar-refractivity contribution is 0.0995. The number of rotatable bonds is 6. The quantitative estimate of drug-likeness (QED) is 0.732. The molecule has 0 aliphatic heterocycles. The smallest absolute Gasteiger partial charge is 0.268 e. The van der Waals surface area contributed by atoms with Crippen molar-refractivity contribution in [3.05, 3.63) is 89.9 Å². The van der Waals surface area contributed by atoms with E-state index < -0.39 is 5.91 Å². The van der Waals surface area contributed by atoms with Crippen LogP contribution >= 0.6 is 0 Å². The normalized spacial score (nSPS) is 11.7. The number of primary amides is 1. The van der Waals surface area contributed by atoms with Gasteiger partial charge in [-0.25, -0.2) is 4.98 Å². The van der Waals surface area contributed by atoms with E-state index in [1.807, 2.05) is 36.4 Å². The summed E-state index contributed by atoms with van der Waals surface area (Å²) in [6, 6.07) is 20.3. The number of carbonyl (C=O) groups excluding carboxylic acids is 1. The molecule has 2 aromatic carbocycles. The maximum Gasteiger partial charge on any atom is 0.268 e. The van der Waals surface area contributed by atoms with Crippen LogP contribution in [0.25, 0.3) is 0 Å². The summed E-state index contributed by atoms with van der Waals surface area (Å²) in [4.78, 5) is 19.6. The Morgan fingerprint density at radius 1 is 1.00 bits per heavy atom. The molecule has 1 heterocycles. The first-order chi connectivity index (χ1) is 11.7. The summed E-state index contributed by atoms with van der Waals surface area (Å²) >= 11 is 0. The molecule has 0 saturated heterocycles. The van der Waals surface area contributed by atoms with Gasteiger partial charge in [-0.05, 0) is 17.5 Å². The molecular formula is C19H18N4O. The Kier molecular flexibility index (Phi) is 4.81. The molecule has 3 aromatic rings. The number of nitrogens with one attached hydrogen (secondary N) is 1. The van der Waals surface area contributed by atoms with Crippen molar-refractivity contribution in [1.82, 2.24) is 9.97 Å². The van der Waals surface area contributed by atoms with Gasteiger partial charge in [0.25, 0.3) is 5.91 Å². The van der Waals surface area contributed by atoms with E-state index in [0.717, 1.165) is 12.0 Å². The van der Waals surface area contributed by atoms with Crippen LogP contribution in [0.1, 0.15) is 27.7 Å². The number of aromatic nitrogens is 2. The highest BCUT2D eigenvalue weighted by atomic mass is 16.1. The molecule has 3 N–H and O–H groups in total. The lowest BCUT2D eigenvalue weighted by Crippen LogP contribution is -2.18. The van der Waals surface area contributed by atoms with Gasteiger partial charge in [-0.1, -0.05) is 60.7 Å². The molecule has 5 heteroatoms. The van der Waals surface area contributed by atoms with Gasteiger partial charge >= 0.3 is 0 Å². The molecule has 120 valence electrons. The Morgan fingerprint density at radius 2 is 1.67 bits per heavy atom. The number of nitrogens with two attached hydrogens (primary N) is 1. The molecule has 1 amide bonds. The Morgan fingerprint density at radius 3 is 2.33 bits per heavy atom. The fraction of sp³-hybridized carbons (Fsp3) is 0.105. The molecule has 5 nitrogen and oxygen atoms in total. The van der Waals surface area contributed by atoms with Crippen molar-refractivity contribution in [2.75, 3.05) is 5.32 Å². The van der Waals surface area contributed by atoms with Crippen LogP contribution in [0.4, 0.5) is 5.82 Å². The number of benzene rings is 2. The van der Waals surface area contributed by atoms with E-state index in [1.165, 1.54) is 11.8 Å². The third-order valence-corrected chi connectivity index (χ3v) is 3.69. The van der Waals surface area contributed by atoms with E-state index in [1.54, 1.807) is 6.20 Å². The van der Waals surface area contributed by atoms with E-state index >= 15 is 0 Å². The van der Waals surface area contributed by atoms with Crippen molar-refractivity contribution in [1.29, 1.82) is 0 Å². The highest BCUT2D eigenvalue weighted by Gasteiger charge is 2.14. The van der Waals surface area contributed by atoms with Gasteiger partial charge in [0.15, 0.2) is 0 Å². The van der Waals surface area contributed by atoms with Crippen molar-refractivity contribution in [3.63, 3.8) is 0 Å². The molecule has 0 aliphatic rings. The molecule has 1 aromatic heterocycles. The highest BCUT2D eigenvalue weighted by Crippen LogP contribution is 2.22. The zero-order valence-electron chi connectivity index (χ0n) is 13.1. The van der Waals surface area contributed by atoms with E-state index in [2.05, 4.69) is 39.6 Å². The Balaban J connectivity index is 1.87. The Labute approximate surface area is 140 Å². The second-order valence-electron chi connectivity index (χ2n) is 5.45. The molecule has 1 atom stereocenters. The van der Waals surface area contributed by atoms with Crippen LogP contribution in [0.2, 0.25) is 0 Å². The minimum Gasteiger partial charge on any atom is -0.364 e. The van der Waals surface area contributed by atoms with Gasteiger partial charge in [0.2, 0.25) is 0 Å². The third kappa shape index (κ3) is 3.95. The van der Waals surface area contributed by atoms with Crippen LogP contribution in [0.5, 0.6) is 0 Å². The van der Waals surface area contributed by atoms with E-state index in [4.69, 9.17) is 5.73 Å². The summed E-state index contributed by atoms with van der Waals surface area (Å²) < 4.78 is 0. The highest BCUT2D eigenvalue weighted by molar-refractivity contribution is 5.90. The molecule has 3 rings (SSSR count). The number of nitrogens with zero attached hydrogens (tertiary/aromatic N) is 2. The van der Waals surface area contributed by atoms with Crippen LogP contribution in [0.3, 0.4) is 0 Å². The number of carbonyl (C=O) groups is 1. The maximum absolute atomic E-state index is 11.3. The van der Waals surface area contributed by atoms with Crippen LogP contribution in [-0.2, 0) is 6.42 Å². The van der Waals surface area contributed by atoms with Crippen molar-refractivity contribution in [2.24, 2.45) is 5.73 Å². The predicted octanol–water partition coefficient (Wildman–Crippen LogP) is 2.97. The van der Waals surface area contributed by atoms with Crippen molar-refractivity contribution < 1.29 is 4.79 Å². The summed E-state index contributed by atoms with van der Waals surface area (Å²) in [5.41, 5.74) is 7.76. The minimum atomic E-state index is -0.592. The van der Waals surface area contributed by atoms with Gasteiger partial charge in [0.1, 0.15) is 11.5 Å². The van der Waals surface area contributed by atoms with Crippen LogP contribution < -0.4 is 11.1 Å². The molecule has 0 spiro atoms. The van der Waals surface area contributed by atoms with Crippen LogP contribution in [0, 0.1) is 0 Å². The van der Waals surface area contributed by atoms with Gasteiger partial charge in [-0.3, -0.25) is 9.78 Å². The SMILES string of the molecule is NC(=O)c1cncc(NC(Cc2ccccc2)c2ccccc2)n1. The fourth-order valence-electron chi connectivity index (χ4n) is 2.52. The maximum atomic E-state index is 11.3. The second kappa shape index (κ2) is 7.37. The molecule has 0 radical (unpaired) electrons. The Bertz CT molecular complexity index is 806. The second-order valence-corrected chi connectivity index (χ2v) is 5.45. The van der Waals surface area contributed by atoms with Gasteiger partial charge < -0.3 is 11.1 Å². The topological polar surface area (TPSA) is 80.9 Å². The summed E-state index contributed by atoms with van der Waals surface area (Å²) in [6.45, 7) is 0. The predicted molar refractivity (Wildman–Crippen MR) is 93.5 cm³/mol. The zero-order valence-corrected chi connectivity index (χ0v) is 13.1. The third-order valence-electron chi connectivity index (χ3n) is 3.69. The molecule has 0 bridgehead atoms. The van der Waals surface area contributed by atoms with Gasteiger partial charge in [-0.2, -0.15) is 0 Å². The van der Waals surface area contributed by atoms with E-state index in [9.17, 15) is 4.79 Å². The number of hydrogen-bond donors (Lipinski definition) is 2. The number of amides is 1. The summed E-state index contributed by atoms with van der Waals surface area (Å²) in [5, 5.41) is 3.36. The first kappa shape index (κ1) is 15.7. The summed E-state index contributed by atoms with van der Waals surface area (Å²) in [5.74, 6) is -0.0680. The molecule has 0 fully saturated rings. The average molecular weight is 318 g/mol. The van der Waals surface area contributed by atoms with Crippen molar-refractivity contribution in [2.45, 2.75) is 12.5 Å². The van der Waals surface area contributed by atoms with Crippen molar-refractivity contribution >= 4 is 11.7 Å². The lowest BCUT2D eigenvalue weighted by atomic mass is 9.99. The van der Waals surface area contributed by atoms with E-state index in [0.29, 0.717) is 5.82 Å². The monoisotopic (exact) mass is 318 g/mol. The average Bonchev–Trinajstić information content (AvgIpc) is 2.63. The van der Waals surface area contributed by atoms with Crippen molar-refractivity contribution in [3.8, 4) is 0 Å². The largest absolute Gasteiger partial charge is 0.364 e. The first-order valence-corrected chi connectivity index (χ1v) is 7.69. The van der Waals surface area contributed by atoms with Crippen LogP contribution in [-0.4, -0.2) is 15.9 Å². The molecule has 1 unspecified atom stereocenters. The van der Waals surface area contributed by atoms with Gasteiger partial charge in [0.05, 0.1) is 18.4 Å². The number of hydrogen-bond acceptors (Lipinski definition) is 4. The minimum absolute atomic E-state index is 0.00558. The molecule has 0 aliphatic carbocycles. The fourth-order valence-corrected chi connectivity index (χ4v) is 2.52. The summed E-state index contributed by atoms with van der Waals surface area (Å²) in [6.07, 6.45) is 3.74. The Hall–Kier alpha value is -3.21. The molecular weight excluding hydrogens is 300 g/mol. The number of anilines is 1.